The van der Waals surface area contributed by atoms with Crippen molar-refractivity contribution in [3.63, 3.8) is 0 Å². The lowest BCUT2D eigenvalue weighted by Crippen LogP contribution is -2.25. The van der Waals surface area contributed by atoms with E-state index >= 15 is 0 Å². The van der Waals surface area contributed by atoms with Crippen molar-refractivity contribution < 1.29 is 23.4 Å². The lowest BCUT2D eigenvalue weighted by Gasteiger charge is -2.22. The van der Waals surface area contributed by atoms with E-state index in [9.17, 15) is 9.18 Å². The number of ether oxygens (including phenoxy) is 3. The van der Waals surface area contributed by atoms with Gasteiger partial charge in [0.15, 0.2) is 5.82 Å². The number of halogens is 1. The minimum atomic E-state index is -0.646. The highest BCUT2D eigenvalue weighted by Crippen LogP contribution is 2.30. The van der Waals surface area contributed by atoms with Crippen molar-refractivity contribution in [2.24, 2.45) is 0 Å². The van der Waals surface area contributed by atoms with Crippen molar-refractivity contribution in [1.29, 1.82) is 0 Å². The van der Waals surface area contributed by atoms with Crippen LogP contribution in [0.1, 0.15) is 49.9 Å². The quantitative estimate of drug-likeness (QED) is 0.154. The first-order valence-corrected chi connectivity index (χ1v) is 14.4. The zero-order valence-corrected chi connectivity index (χ0v) is 25.5. The molecule has 9 nitrogen and oxygen atoms in total. The van der Waals surface area contributed by atoms with Gasteiger partial charge in [0, 0.05) is 24.2 Å². The largest absolute Gasteiger partial charge is 0.497 e. The van der Waals surface area contributed by atoms with E-state index in [1.165, 1.54) is 12.1 Å². The molecule has 5 rings (SSSR count). The molecule has 0 spiro atoms. The molecule has 0 radical (unpaired) electrons. The number of anilines is 1. The lowest BCUT2D eigenvalue weighted by molar-refractivity contribution is -0.155. The molecule has 230 valence electrons. The predicted molar refractivity (Wildman–Crippen MR) is 169 cm³/mol. The van der Waals surface area contributed by atoms with Crippen LogP contribution >= 0.6 is 0 Å². The van der Waals surface area contributed by atoms with Gasteiger partial charge in [0.1, 0.15) is 22.9 Å². The normalized spacial score (nSPS) is 11.8. The smallest absolute Gasteiger partial charge is 0.322 e. The van der Waals surface area contributed by atoms with E-state index in [4.69, 9.17) is 14.2 Å². The van der Waals surface area contributed by atoms with E-state index in [2.05, 4.69) is 25.3 Å². The average Bonchev–Trinajstić information content (AvgIpc) is 3.03. The number of aromatic nitrogens is 4. The van der Waals surface area contributed by atoms with Crippen molar-refractivity contribution >= 4 is 11.7 Å². The molecular formula is C35H34FN5O4. The van der Waals surface area contributed by atoms with Gasteiger partial charge in [-0.3, -0.25) is 4.79 Å². The van der Waals surface area contributed by atoms with E-state index in [1.54, 1.807) is 56.0 Å². The summed E-state index contributed by atoms with van der Waals surface area (Å²) >= 11 is 0. The van der Waals surface area contributed by atoms with Gasteiger partial charge in [-0.1, -0.05) is 36.4 Å². The Hall–Kier alpha value is -5.38. The molecule has 0 amide bonds. The molecule has 0 aliphatic carbocycles. The Morgan fingerprint density at radius 3 is 2.33 bits per heavy atom. The van der Waals surface area contributed by atoms with Crippen LogP contribution in [0.4, 0.5) is 10.1 Å². The van der Waals surface area contributed by atoms with Gasteiger partial charge in [0.05, 0.1) is 37.3 Å². The van der Waals surface area contributed by atoms with Crippen LogP contribution in [0.3, 0.4) is 0 Å². The number of hydrogen-bond acceptors (Lipinski definition) is 9. The molecule has 1 atom stereocenters. The van der Waals surface area contributed by atoms with Crippen LogP contribution in [-0.4, -0.2) is 38.6 Å². The molecule has 2 heterocycles. The second-order valence-corrected chi connectivity index (χ2v) is 11.3. The van der Waals surface area contributed by atoms with E-state index in [-0.39, 0.29) is 18.2 Å². The first-order valence-electron chi connectivity index (χ1n) is 14.4. The third-order valence-corrected chi connectivity index (χ3v) is 6.68. The Kier molecular flexibility index (Phi) is 9.62. The molecule has 1 unspecified atom stereocenters. The third-order valence-electron chi connectivity index (χ3n) is 6.68. The summed E-state index contributed by atoms with van der Waals surface area (Å²) in [4.78, 5) is 30.7. The molecule has 0 aliphatic rings. The van der Waals surface area contributed by atoms with Crippen LogP contribution in [0.5, 0.6) is 17.5 Å². The van der Waals surface area contributed by atoms with E-state index in [1.807, 2.05) is 57.2 Å². The highest BCUT2D eigenvalue weighted by molar-refractivity contribution is 5.71. The van der Waals surface area contributed by atoms with Crippen LogP contribution in [-0.2, 0) is 16.1 Å². The van der Waals surface area contributed by atoms with E-state index in [0.29, 0.717) is 29.4 Å². The Morgan fingerprint density at radius 1 is 0.911 bits per heavy atom. The number of hydrogen-bond donors (Lipinski definition) is 1. The van der Waals surface area contributed by atoms with Crippen molar-refractivity contribution in [3.8, 4) is 28.9 Å². The maximum atomic E-state index is 13.7. The third kappa shape index (κ3) is 8.82. The first-order chi connectivity index (χ1) is 21.6. The number of methoxy groups -OCH3 is 1. The van der Waals surface area contributed by atoms with Gasteiger partial charge in [-0.05, 0) is 74.4 Å². The standard InChI is InChI=1S/C35H34FN5O4/c1-35(2,3)45-32(42)19-30(24-10-12-26(36)13-11-24)31-16-17-37-34(41-31)44-29-7-5-6-25(18-29)33-39-21-27(22-40-33)38-20-23-8-14-28(43-4)15-9-23/h5-18,21-22,30,38H,19-20H2,1-4H3. The fourth-order valence-electron chi connectivity index (χ4n) is 4.56. The van der Waals surface area contributed by atoms with Gasteiger partial charge >= 0.3 is 12.0 Å². The van der Waals surface area contributed by atoms with Crippen LogP contribution in [0.2, 0.25) is 0 Å². The van der Waals surface area contributed by atoms with Crippen LogP contribution in [0, 0.1) is 5.82 Å². The van der Waals surface area contributed by atoms with E-state index in [0.717, 1.165) is 22.6 Å². The van der Waals surface area contributed by atoms with E-state index < -0.39 is 17.5 Å². The molecule has 0 saturated heterocycles. The number of rotatable bonds is 11. The van der Waals surface area contributed by atoms with Gasteiger partial charge in [0.2, 0.25) is 0 Å². The maximum absolute atomic E-state index is 13.7. The molecule has 10 heteroatoms. The molecule has 45 heavy (non-hydrogen) atoms. The summed E-state index contributed by atoms with van der Waals surface area (Å²) in [7, 11) is 1.64. The minimum absolute atomic E-state index is 0.0110. The summed E-state index contributed by atoms with van der Waals surface area (Å²) in [6, 6.07) is 22.9. The zero-order chi connectivity index (χ0) is 31.8. The fraction of sp³-hybridized carbons (Fsp3) is 0.229. The van der Waals surface area contributed by atoms with Gasteiger partial charge in [0.25, 0.3) is 0 Å². The Labute approximate surface area is 261 Å². The SMILES string of the molecule is COc1ccc(CNc2cnc(-c3cccc(Oc4nccc(C(CC(=O)OC(C)(C)C)c5ccc(F)cc5)n4)c3)nc2)cc1. The molecule has 5 aromatic rings. The highest BCUT2D eigenvalue weighted by Gasteiger charge is 2.25. The molecule has 0 bridgehead atoms. The average molecular weight is 608 g/mol. The zero-order valence-electron chi connectivity index (χ0n) is 25.5. The number of esters is 1. The van der Waals surface area contributed by atoms with Gasteiger partial charge in [-0.25, -0.2) is 19.3 Å². The number of carbonyl (C=O) groups is 1. The van der Waals surface area contributed by atoms with Gasteiger partial charge < -0.3 is 19.5 Å². The molecular weight excluding hydrogens is 573 g/mol. The molecule has 2 aromatic heterocycles. The summed E-state index contributed by atoms with van der Waals surface area (Å²) in [5.74, 6) is 0.559. The van der Waals surface area contributed by atoms with Gasteiger partial charge in [-0.15, -0.1) is 0 Å². The maximum Gasteiger partial charge on any atom is 0.322 e. The number of nitrogens with one attached hydrogen (secondary N) is 1. The Morgan fingerprint density at radius 2 is 1.64 bits per heavy atom. The summed E-state index contributed by atoms with van der Waals surface area (Å²) < 4.78 is 30.5. The number of benzene rings is 3. The molecule has 0 saturated carbocycles. The van der Waals surface area contributed by atoms with Crippen LogP contribution < -0.4 is 14.8 Å². The van der Waals surface area contributed by atoms with Gasteiger partial charge in [-0.2, -0.15) is 4.98 Å². The topological polar surface area (TPSA) is 108 Å². The summed E-state index contributed by atoms with van der Waals surface area (Å²) in [6.45, 7) is 6.05. The molecule has 3 aromatic carbocycles. The Bertz CT molecular complexity index is 1720. The monoisotopic (exact) mass is 607 g/mol. The van der Waals surface area contributed by atoms with Crippen LogP contribution in [0.25, 0.3) is 11.4 Å². The molecule has 0 aliphatic heterocycles. The second-order valence-electron chi connectivity index (χ2n) is 11.3. The summed E-state index contributed by atoms with van der Waals surface area (Å²) in [5, 5.41) is 3.32. The van der Waals surface area contributed by atoms with Crippen molar-refractivity contribution in [3.05, 3.63) is 120 Å². The predicted octanol–water partition coefficient (Wildman–Crippen LogP) is 7.35. The summed E-state index contributed by atoms with van der Waals surface area (Å²) in [5.41, 5.74) is 3.24. The number of nitrogens with zero attached hydrogens (tertiary/aromatic N) is 4. The molecule has 0 fully saturated rings. The summed E-state index contributed by atoms with van der Waals surface area (Å²) in [6.07, 6.45) is 5.03. The second kappa shape index (κ2) is 13.9. The molecule has 1 N–H and O–H groups in total. The Balaban J connectivity index is 1.29. The highest BCUT2D eigenvalue weighted by atomic mass is 19.1. The fourth-order valence-corrected chi connectivity index (χ4v) is 4.56. The minimum Gasteiger partial charge on any atom is -0.497 e. The van der Waals surface area contributed by atoms with Crippen LogP contribution in [0.15, 0.2) is 97.5 Å². The number of carbonyl (C=O) groups excluding carboxylic acids is 1. The van der Waals surface area contributed by atoms with Crippen molar-refractivity contribution in [2.45, 2.75) is 45.3 Å². The van der Waals surface area contributed by atoms with Crippen molar-refractivity contribution in [2.75, 3.05) is 12.4 Å². The van der Waals surface area contributed by atoms with Crippen molar-refractivity contribution in [1.82, 2.24) is 19.9 Å². The first kappa shape index (κ1) is 31.1. The lowest BCUT2D eigenvalue weighted by atomic mass is 9.92.